The van der Waals surface area contributed by atoms with Crippen LogP contribution in [0.3, 0.4) is 0 Å². The van der Waals surface area contributed by atoms with Crippen molar-refractivity contribution in [2.45, 2.75) is 38.1 Å². The van der Waals surface area contributed by atoms with Crippen LogP contribution in [0, 0.1) is 0 Å². The summed E-state index contributed by atoms with van der Waals surface area (Å²) in [6.07, 6.45) is 2.36. The monoisotopic (exact) mass is 446 g/mol. The van der Waals surface area contributed by atoms with E-state index in [1.54, 1.807) is 38.1 Å². The Kier molecular flexibility index (Phi) is 9.68. The number of nitrogens with one attached hydrogen (secondary N) is 2. The Morgan fingerprint density at radius 3 is 2.31 bits per heavy atom. The molecule has 2 heterocycles. The Hall–Kier alpha value is -1.54. The zero-order chi connectivity index (χ0) is 19.4. The third-order valence-electron chi connectivity index (χ3n) is 5.80. The molecule has 3 rings (SSSR count). The first-order valence-electron chi connectivity index (χ1n) is 9.72. The number of hydrogen-bond donors (Lipinski definition) is 3. The molecule has 29 heavy (non-hydrogen) atoms. The number of carbonyl (C=O) groups is 2. The first-order chi connectivity index (χ1) is 12.9. The van der Waals surface area contributed by atoms with Gasteiger partial charge < -0.3 is 20.6 Å². The van der Waals surface area contributed by atoms with Gasteiger partial charge in [-0.05, 0) is 57.5 Å². The Morgan fingerprint density at radius 2 is 1.72 bits per heavy atom. The van der Waals surface area contributed by atoms with Gasteiger partial charge in [-0.2, -0.15) is 0 Å². The number of carbonyl (C=O) groups excluding carboxylic acids is 1. The number of nitrogens with zero attached hydrogens (tertiary/aromatic N) is 2. The maximum atomic E-state index is 12.6. The van der Waals surface area contributed by atoms with Crippen molar-refractivity contribution in [3.8, 4) is 0 Å². The van der Waals surface area contributed by atoms with Gasteiger partial charge in [0.25, 0.3) is 0 Å². The number of piperidine rings is 1. The highest BCUT2D eigenvalue weighted by Crippen LogP contribution is 2.26. The van der Waals surface area contributed by atoms with E-state index in [0.29, 0.717) is 17.3 Å². The summed E-state index contributed by atoms with van der Waals surface area (Å²) in [5, 5.41) is 15.7. The first kappa shape index (κ1) is 25.5. The largest absolute Gasteiger partial charge is 0.481 e. The minimum Gasteiger partial charge on any atom is -0.481 e. The third kappa shape index (κ3) is 6.22. The molecule has 0 unspecified atom stereocenters. The normalized spacial score (nSPS) is 18.3. The van der Waals surface area contributed by atoms with Crippen molar-refractivity contribution in [3.63, 3.8) is 0 Å². The zero-order valence-corrected chi connectivity index (χ0v) is 18.7. The maximum absolute atomic E-state index is 12.6. The number of piperazine rings is 1. The van der Waals surface area contributed by atoms with E-state index in [9.17, 15) is 14.7 Å². The predicted molar refractivity (Wildman–Crippen MR) is 120 cm³/mol. The van der Waals surface area contributed by atoms with Crippen LogP contribution >= 0.6 is 24.8 Å². The molecule has 0 bridgehead atoms. The summed E-state index contributed by atoms with van der Waals surface area (Å²) < 4.78 is 0. The molecule has 0 atom stereocenters. The number of halogens is 2. The predicted octanol–water partition coefficient (Wildman–Crippen LogP) is 2.79. The van der Waals surface area contributed by atoms with E-state index >= 15 is 0 Å². The minimum absolute atomic E-state index is 0. The fourth-order valence-corrected chi connectivity index (χ4v) is 3.77. The van der Waals surface area contributed by atoms with E-state index in [1.165, 1.54) is 12.8 Å². The molecule has 7 nitrogen and oxygen atoms in total. The minimum atomic E-state index is -0.999. The number of benzene rings is 1. The van der Waals surface area contributed by atoms with Gasteiger partial charge in [-0.3, -0.25) is 9.69 Å². The van der Waals surface area contributed by atoms with Crippen molar-refractivity contribution in [2.75, 3.05) is 44.6 Å². The van der Waals surface area contributed by atoms with Gasteiger partial charge in [0, 0.05) is 37.9 Å². The standard InChI is InChI=1S/C20H30N4O3.2ClH/c1-20(2,18(25)26)15-4-3-5-16(14-15)22-19(27)24-12-10-23(11-13-24)17-6-8-21-9-7-17;;/h3-5,14,17,21H,6-13H2,1-2H3,(H,22,27)(H,25,26);2*1H. The number of anilines is 1. The lowest BCUT2D eigenvalue weighted by molar-refractivity contribution is -0.142. The van der Waals surface area contributed by atoms with Gasteiger partial charge in [0.1, 0.15) is 0 Å². The van der Waals surface area contributed by atoms with E-state index in [0.717, 1.165) is 39.3 Å². The van der Waals surface area contributed by atoms with Crippen LogP contribution < -0.4 is 10.6 Å². The van der Waals surface area contributed by atoms with Crippen LogP contribution in [0.15, 0.2) is 24.3 Å². The van der Waals surface area contributed by atoms with E-state index in [4.69, 9.17) is 0 Å². The second kappa shape index (κ2) is 11.0. The van der Waals surface area contributed by atoms with Crippen LogP contribution in [0.1, 0.15) is 32.3 Å². The fourth-order valence-electron chi connectivity index (χ4n) is 3.77. The summed E-state index contributed by atoms with van der Waals surface area (Å²) in [6.45, 7) is 8.73. The molecule has 9 heteroatoms. The number of aliphatic carboxylic acids is 1. The summed E-state index contributed by atoms with van der Waals surface area (Å²) in [4.78, 5) is 28.4. The molecule has 164 valence electrons. The first-order valence-corrected chi connectivity index (χ1v) is 9.72. The number of hydrogen-bond acceptors (Lipinski definition) is 4. The highest BCUT2D eigenvalue weighted by atomic mass is 35.5. The van der Waals surface area contributed by atoms with Gasteiger partial charge in [0.15, 0.2) is 0 Å². The Balaban J connectivity index is 0.00000210. The summed E-state index contributed by atoms with van der Waals surface area (Å²) >= 11 is 0. The molecule has 0 aliphatic carbocycles. The second-order valence-electron chi connectivity index (χ2n) is 7.95. The number of amides is 2. The molecule has 0 aromatic heterocycles. The molecular weight excluding hydrogens is 415 g/mol. The number of carboxylic acids is 1. The van der Waals surface area contributed by atoms with Crippen molar-refractivity contribution in [1.29, 1.82) is 0 Å². The van der Waals surface area contributed by atoms with Gasteiger partial charge in [0.05, 0.1) is 5.41 Å². The van der Waals surface area contributed by atoms with E-state index in [-0.39, 0.29) is 30.8 Å². The molecule has 2 fully saturated rings. The van der Waals surface area contributed by atoms with Crippen LogP contribution in [0.25, 0.3) is 0 Å². The lowest BCUT2D eigenvalue weighted by Crippen LogP contribution is -2.54. The molecule has 0 spiro atoms. The fraction of sp³-hybridized carbons (Fsp3) is 0.600. The Labute approximate surface area is 185 Å². The lowest BCUT2D eigenvalue weighted by atomic mass is 9.84. The average molecular weight is 447 g/mol. The van der Waals surface area contributed by atoms with Gasteiger partial charge in [-0.1, -0.05) is 12.1 Å². The molecule has 2 aliphatic heterocycles. The molecule has 3 N–H and O–H groups in total. The average Bonchev–Trinajstić information content (AvgIpc) is 2.69. The van der Waals surface area contributed by atoms with Crippen LogP contribution in [0.4, 0.5) is 10.5 Å². The molecule has 2 saturated heterocycles. The topological polar surface area (TPSA) is 84.9 Å². The van der Waals surface area contributed by atoms with Gasteiger partial charge in [0.2, 0.25) is 0 Å². The molecular formula is C20H32Cl2N4O3. The lowest BCUT2D eigenvalue weighted by Gasteiger charge is -2.40. The number of urea groups is 1. The van der Waals surface area contributed by atoms with Gasteiger partial charge in [-0.15, -0.1) is 24.8 Å². The van der Waals surface area contributed by atoms with Crippen LogP contribution in [0.5, 0.6) is 0 Å². The van der Waals surface area contributed by atoms with Crippen molar-refractivity contribution < 1.29 is 14.7 Å². The molecule has 2 amide bonds. The SMILES string of the molecule is CC(C)(C(=O)O)c1cccc(NC(=O)N2CCN(C3CCNCC3)CC2)c1.Cl.Cl. The molecule has 2 aliphatic rings. The second-order valence-corrected chi connectivity index (χ2v) is 7.95. The van der Waals surface area contributed by atoms with Crippen LogP contribution in [-0.2, 0) is 10.2 Å². The number of carboxylic acid groups (broad SMARTS) is 1. The van der Waals surface area contributed by atoms with Crippen LogP contribution in [-0.4, -0.2) is 72.2 Å². The Morgan fingerprint density at radius 1 is 1.10 bits per heavy atom. The van der Waals surface area contributed by atoms with E-state index < -0.39 is 11.4 Å². The highest BCUT2D eigenvalue weighted by Gasteiger charge is 2.30. The maximum Gasteiger partial charge on any atom is 0.321 e. The Bertz CT molecular complexity index is 688. The number of rotatable bonds is 4. The molecule has 0 saturated carbocycles. The highest BCUT2D eigenvalue weighted by molar-refractivity contribution is 5.90. The molecule has 1 aromatic carbocycles. The van der Waals surface area contributed by atoms with E-state index in [1.807, 2.05) is 4.90 Å². The quantitative estimate of drug-likeness (QED) is 0.661. The zero-order valence-electron chi connectivity index (χ0n) is 17.0. The van der Waals surface area contributed by atoms with Crippen molar-refractivity contribution in [1.82, 2.24) is 15.1 Å². The van der Waals surface area contributed by atoms with E-state index in [2.05, 4.69) is 15.5 Å². The molecule has 1 aromatic rings. The van der Waals surface area contributed by atoms with Gasteiger partial charge in [-0.25, -0.2) is 4.79 Å². The van der Waals surface area contributed by atoms with Crippen molar-refractivity contribution in [3.05, 3.63) is 29.8 Å². The van der Waals surface area contributed by atoms with Crippen molar-refractivity contribution in [2.24, 2.45) is 0 Å². The summed E-state index contributed by atoms with van der Waals surface area (Å²) in [7, 11) is 0. The van der Waals surface area contributed by atoms with Gasteiger partial charge >= 0.3 is 12.0 Å². The smallest absolute Gasteiger partial charge is 0.321 e. The summed E-state index contributed by atoms with van der Waals surface area (Å²) in [5.41, 5.74) is 0.303. The summed E-state index contributed by atoms with van der Waals surface area (Å²) in [6, 6.07) is 7.62. The third-order valence-corrected chi connectivity index (χ3v) is 5.80. The van der Waals surface area contributed by atoms with Crippen molar-refractivity contribution >= 4 is 42.5 Å². The van der Waals surface area contributed by atoms with Crippen LogP contribution in [0.2, 0.25) is 0 Å². The summed E-state index contributed by atoms with van der Waals surface area (Å²) in [5.74, 6) is -0.889. The molecule has 0 radical (unpaired) electrons.